The quantitative estimate of drug-likeness (QED) is 0.854. The number of fused-ring (bicyclic) bond motifs is 2. The van der Waals surface area contributed by atoms with Crippen molar-refractivity contribution in [3.8, 4) is 0 Å². The molecule has 0 bridgehead atoms. The van der Waals surface area contributed by atoms with Gasteiger partial charge in [0, 0.05) is 20.8 Å². The highest BCUT2D eigenvalue weighted by Crippen LogP contribution is 2.41. The van der Waals surface area contributed by atoms with Gasteiger partial charge in [0.1, 0.15) is 0 Å². The molecule has 118 valence electrons. The maximum absolute atomic E-state index is 12.8. The highest BCUT2D eigenvalue weighted by atomic mass is 32.2. The van der Waals surface area contributed by atoms with Crippen molar-refractivity contribution in [2.45, 2.75) is 17.4 Å². The van der Waals surface area contributed by atoms with Gasteiger partial charge in [0.25, 0.3) is 0 Å². The van der Waals surface area contributed by atoms with Crippen LogP contribution < -0.4 is 9.62 Å². The van der Waals surface area contributed by atoms with E-state index in [1.165, 1.54) is 4.88 Å². The van der Waals surface area contributed by atoms with E-state index in [9.17, 15) is 4.21 Å². The molecule has 0 fully saturated rings. The molecule has 0 spiro atoms. The number of hydrogen-bond acceptors (Lipinski definition) is 4. The highest BCUT2D eigenvalue weighted by molar-refractivity contribution is 7.86. The minimum absolute atomic E-state index is 0.0805. The number of rotatable bonds is 5. The van der Waals surface area contributed by atoms with Crippen molar-refractivity contribution < 1.29 is 8.95 Å². The largest absolute Gasteiger partial charge is 0.385 e. The topological polar surface area (TPSA) is 41.6 Å². The van der Waals surface area contributed by atoms with Gasteiger partial charge in [0.15, 0.2) is 11.0 Å². The zero-order valence-corrected chi connectivity index (χ0v) is 14.4. The van der Waals surface area contributed by atoms with Crippen LogP contribution in [0.15, 0.2) is 40.6 Å². The molecule has 2 aromatic rings. The standard InChI is InChI=1S/C16H20N2O2S2/c1-18-13-8-11-21-16(13)15(17-9-5-10-20-2)12-6-3-4-7-14(12)22(18)19/h3-4,6-8,11,15,17H,5,9-10H2,1-2H3. The van der Waals surface area contributed by atoms with E-state index < -0.39 is 11.0 Å². The van der Waals surface area contributed by atoms with Crippen LogP contribution in [0.2, 0.25) is 0 Å². The number of benzene rings is 1. The van der Waals surface area contributed by atoms with E-state index in [-0.39, 0.29) is 6.04 Å². The van der Waals surface area contributed by atoms with E-state index in [1.54, 1.807) is 18.4 Å². The zero-order chi connectivity index (χ0) is 15.5. The summed E-state index contributed by atoms with van der Waals surface area (Å²) in [6.07, 6.45) is 0.953. The Balaban J connectivity index is 1.99. The molecule has 1 aromatic carbocycles. The van der Waals surface area contributed by atoms with Gasteiger partial charge in [-0.25, -0.2) is 4.21 Å². The van der Waals surface area contributed by atoms with Crippen LogP contribution in [0.5, 0.6) is 0 Å². The van der Waals surface area contributed by atoms with E-state index in [2.05, 4.69) is 16.8 Å². The molecule has 2 atom stereocenters. The third-order valence-corrected chi connectivity index (χ3v) is 6.23. The third kappa shape index (κ3) is 2.84. The van der Waals surface area contributed by atoms with Crippen LogP contribution in [0.25, 0.3) is 0 Å². The predicted molar refractivity (Wildman–Crippen MR) is 91.9 cm³/mol. The molecule has 6 heteroatoms. The van der Waals surface area contributed by atoms with E-state index in [1.807, 2.05) is 35.6 Å². The van der Waals surface area contributed by atoms with Crippen LogP contribution in [-0.2, 0) is 15.7 Å². The lowest BCUT2D eigenvalue weighted by molar-refractivity contribution is 0.193. The van der Waals surface area contributed by atoms with Crippen molar-refractivity contribution in [1.82, 2.24) is 5.32 Å². The minimum Gasteiger partial charge on any atom is -0.385 e. The SMILES string of the molecule is COCCCNC1c2ccccc2S(=O)N(C)c2ccsc21. The first-order valence-corrected chi connectivity index (χ1v) is 9.27. The third-order valence-electron chi connectivity index (χ3n) is 3.82. The summed E-state index contributed by atoms with van der Waals surface area (Å²) in [4.78, 5) is 2.11. The van der Waals surface area contributed by atoms with Crippen LogP contribution in [0.4, 0.5) is 5.69 Å². The summed E-state index contributed by atoms with van der Waals surface area (Å²) >= 11 is 1.71. The molecule has 0 radical (unpaired) electrons. The molecular weight excluding hydrogens is 316 g/mol. The van der Waals surface area contributed by atoms with Crippen LogP contribution in [0, 0.1) is 0 Å². The Morgan fingerprint density at radius 1 is 1.36 bits per heavy atom. The van der Waals surface area contributed by atoms with Crippen molar-refractivity contribution in [3.63, 3.8) is 0 Å². The van der Waals surface area contributed by atoms with E-state index in [4.69, 9.17) is 4.74 Å². The number of methoxy groups -OCH3 is 1. The maximum Gasteiger partial charge on any atom is 0.153 e. The maximum atomic E-state index is 12.8. The summed E-state index contributed by atoms with van der Waals surface area (Å²) in [5, 5.41) is 5.67. The number of hydrogen-bond donors (Lipinski definition) is 1. The molecule has 22 heavy (non-hydrogen) atoms. The first-order valence-electron chi connectivity index (χ1n) is 7.28. The van der Waals surface area contributed by atoms with Crippen LogP contribution in [-0.4, -0.2) is 31.5 Å². The van der Waals surface area contributed by atoms with E-state index >= 15 is 0 Å². The van der Waals surface area contributed by atoms with Gasteiger partial charge in [-0.2, -0.15) is 0 Å². The molecule has 1 N–H and O–H groups in total. The number of nitrogens with one attached hydrogen (secondary N) is 1. The molecule has 0 saturated heterocycles. The van der Waals surface area contributed by atoms with Crippen molar-refractivity contribution in [2.75, 3.05) is 31.6 Å². The monoisotopic (exact) mass is 336 g/mol. The predicted octanol–water partition coefficient (Wildman–Crippen LogP) is 2.94. The molecule has 4 nitrogen and oxygen atoms in total. The van der Waals surface area contributed by atoms with Crippen molar-refractivity contribution in [1.29, 1.82) is 0 Å². The second-order valence-corrected chi connectivity index (χ2v) is 7.62. The Morgan fingerprint density at radius 2 is 2.18 bits per heavy atom. The molecule has 1 aliphatic rings. The summed E-state index contributed by atoms with van der Waals surface area (Å²) in [5.74, 6) is 0. The van der Waals surface area contributed by atoms with Gasteiger partial charge >= 0.3 is 0 Å². The zero-order valence-electron chi connectivity index (χ0n) is 12.7. The molecule has 0 saturated carbocycles. The van der Waals surface area contributed by atoms with Crippen LogP contribution in [0.1, 0.15) is 22.9 Å². The number of nitrogens with zero attached hydrogens (tertiary/aromatic N) is 1. The van der Waals surface area contributed by atoms with Gasteiger partial charge in [0.2, 0.25) is 0 Å². The highest BCUT2D eigenvalue weighted by Gasteiger charge is 2.30. The van der Waals surface area contributed by atoms with Crippen LogP contribution >= 0.6 is 11.3 Å². The first-order chi connectivity index (χ1) is 10.7. The van der Waals surface area contributed by atoms with Gasteiger partial charge in [-0.05, 0) is 36.0 Å². The average Bonchev–Trinajstić information content (AvgIpc) is 3.00. The molecule has 1 aromatic heterocycles. The van der Waals surface area contributed by atoms with Crippen molar-refractivity contribution >= 4 is 28.0 Å². The average molecular weight is 336 g/mol. The second-order valence-electron chi connectivity index (χ2n) is 5.19. The van der Waals surface area contributed by atoms with E-state index in [0.29, 0.717) is 0 Å². The molecule has 2 heterocycles. The van der Waals surface area contributed by atoms with E-state index in [0.717, 1.165) is 35.7 Å². The minimum atomic E-state index is -1.17. The van der Waals surface area contributed by atoms with Gasteiger partial charge in [0.05, 0.1) is 21.5 Å². The molecule has 1 aliphatic heterocycles. The van der Waals surface area contributed by atoms with Crippen molar-refractivity contribution in [2.24, 2.45) is 0 Å². The molecule has 0 amide bonds. The summed E-state index contributed by atoms with van der Waals surface area (Å²) in [6, 6.07) is 10.1. The Morgan fingerprint density at radius 3 is 3.00 bits per heavy atom. The van der Waals surface area contributed by atoms with Gasteiger partial charge in [-0.1, -0.05) is 18.2 Å². The fourth-order valence-corrected chi connectivity index (χ4v) is 5.00. The fourth-order valence-electron chi connectivity index (χ4n) is 2.71. The Labute approximate surface area is 137 Å². The summed E-state index contributed by atoms with van der Waals surface area (Å²) in [6.45, 7) is 1.60. The lowest BCUT2D eigenvalue weighted by Crippen LogP contribution is -2.24. The molecule has 3 rings (SSSR count). The first kappa shape index (κ1) is 15.7. The van der Waals surface area contributed by atoms with Crippen LogP contribution in [0.3, 0.4) is 0 Å². The number of thiophene rings is 1. The lowest BCUT2D eigenvalue weighted by atomic mass is 10.0. The lowest BCUT2D eigenvalue weighted by Gasteiger charge is -2.19. The second kappa shape index (κ2) is 6.91. The van der Waals surface area contributed by atoms with Gasteiger partial charge in [-0.15, -0.1) is 11.3 Å². The van der Waals surface area contributed by atoms with Crippen molar-refractivity contribution in [3.05, 3.63) is 46.2 Å². The summed E-state index contributed by atoms with van der Waals surface area (Å²) in [7, 11) is 2.44. The smallest absolute Gasteiger partial charge is 0.153 e. The van der Waals surface area contributed by atoms with Gasteiger partial charge < -0.3 is 10.1 Å². The van der Waals surface area contributed by atoms with Gasteiger partial charge in [-0.3, -0.25) is 4.31 Å². The Bertz CT molecular complexity index is 672. The normalized spacial score (nSPS) is 20.4. The summed E-state index contributed by atoms with van der Waals surface area (Å²) < 4.78 is 19.8. The summed E-state index contributed by atoms with van der Waals surface area (Å²) in [5.41, 5.74) is 2.15. The Kier molecular flexibility index (Phi) is 4.93. The molecular formula is C16H20N2O2S2. The molecule has 2 unspecified atom stereocenters. The molecule has 0 aliphatic carbocycles. The number of anilines is 1. The number of ether oxygens (including phenoxy) is 1. The Hall–Kier alpha value is -1.21. The fraction of sp³-hybridized carbons (Fsp3) is 0.375.